The van der Waals surface area contributed by atoms with Gasteiger partial charge in [-0.05, 0) is 68.1 Å². The van der Waals surface area contributed by atoms with E-state index in [1.807, 2.05) is 69.3 Å². The number of hydrogen-bond acceptors (Lipinski definition) is 4. The van der Waals surface area contributed by atoms with E-state index in [1.165, 1.54) is 4.31 Å². The highest BCUT2D eigenvalue weighted by molar-refractivity contribution is 7.89. The minimum Gasteiger partial charge on any atom is -0.491 e. The number of aryl methyl sites for hydroxylation is 1. The monoisotopic (exact) mass is 492 g/mol. The molecule has 3 aromatic rings. The lowest BCUT2D eigenvalue weighted by Gasteiger charge is -2.36. The first-order valence-electron chi connectivity index (χ1n) is 11.9. The molecule has 1 amide bonds. The average Bonchev–Trinajstić information content (AvgIpc) is 2.83. The molecule has 7 heteroatoms. The van der Waals surface area contributed by atoms with Crippen LogP contribution in [0.5, 0.6) is 5.75 Å². The van der Waals surface area contributed by atoms with E-state index >= 15 is 0 Å². The van der Waals surface area contributed by atoms with Crippen LogP contribution in [-0.2, 0) is 27.8 Å². The highest BCUT2D eigenvalue weighted by Crippen LogP contribution is 2.36. The third-order valence-electron chi connectivity index (χ3n) is 6.15. The quantitative estimate of drug-likeness (QED) is 0.491. The van der Waals surface area contributed by atoms with E-state index in [1.54, 1.807) is 24.3 Å². The number of amides is 1. The summed E-state index contributed by atoms with van der Waals surface area (Å²) in [5, 5.41) is 2.96. The number of rotatable bonds is 8. The van der Waals surface area contributed by atoms with E-state index in [2.05, 4.69) is 5.32 Å². The average molecular weight is 493 g/mol. The van der Waals surface area contributed by atoms with Crippen molar-refractivity contribution in [3.05, 3.63) is 95.1 Å². The standard InChI is InChI=1S/C28H32N2O4S/c1-20(2)34-24-12-10-22(11-13-24)19-29-28(31)18-27-26-7-5-4-6-23(26)16-17-30(27)35(32,33)25-14-8-21(3)9-15-25/h4-15,20,27H,16-19H2,1-3H3,(H,29,31)/t27-/m0/s1. The van der Waals surface area contributed by atoms with E-state index in [9.17, 15) is 13.2 Å². The summed E-state index contributed by atoms with van der Waals surface area (Å²) in [6.45, 7) is 6.56. The predicted molar refractivity (Wildman–Crippen MR) is 137 cm³/mol. The van der Waals surface area contributed by atoms with Gasteiger partial charge in [0.1, 0.15) is 5.75 Å². The van der Waals surface area contributed by atoms with Gasteiger partial charge in [-0.15, -0.1) is 0 Å². The Kier molecular flexibility index (Phi) is 7.57. The van der Waals surface area contributed by atoms with Crippen LogP contribution in [-0.4, -0.2) is 31.3 Å². The summed E-state index contributed by atoms with van der Waals surface area (Å²) in [5.74, 6) is 0.587. The fourth-order valence-electron chi connectivity index (χ4n) is 4.38. The number of nitrogens with zero attached hydrogens (tertiary/aromatic N) is 1. The van der Waals surface area contributed by atoms with Gasteiger partial charge in [-0.3, -0.25) is 4.79 Å². The van der Waals surface area contributed by atoms with Crippen molar-refractivity contribution >= 4 is 15.9 Å². The van der Waals surface area contributed by atoms with Crippen LogP contribution < -0.4 is 10.1 Å². The Labute approximate surface area is 208 Å². The zero-order valence-electron chi connectivity index (χ0n) is 20.4. The molecule has 1 N–H and O–H groups in total. The van der Waals surface area contributed by atoms with Crippen LogP contribution in [0.25, 0.3) is 0 Å². The van der Waals surface area contributed by atoms with Crippen molar-refractivity contribution in [2.24, 2.45) is 0 Å². The topological polar surface area (TPSA) is 75.7 Å². The maximum atomic E-state index is 13.6. The summed E-state index contributed by atoms with van der Waals surface area (Å²) in [6, 6.07) is 21.7. The molecule has 0 aromatic heterocycles. The maximum Gasteiger partial charge on any atom is 0.243 e. The van der Waals surface area contributed by atoms with Crippen LogP contribution in [0.3, 0.4) is 0 Å². The fourth-order valence-corrected chi connectivity index (χ4v) is 5.99. The lowest BCUT2D eigenvalue weighted by molar-refractivity contribution is -0.122. The number of nitrogens with one attached hydrogen (secondary N) is 1. The first-order valence-corrected chi connectivity index (χ1v) is 13.4. The van der Waals surface area contributed by atoms with Gasteiger partial charge in [-0.25, -0.2) is 8.42 Å². The smallest absolute Gasteiger partial charge is 0.243 e. The Morgan fingerprint density at radius 2 is 1.71 bits per heavy atom. The predicted octanol–water partition coefficient (Wildman–Crippen LogP) is 4.78. The first kappa shape index (κ1) is 24.9. The third kappa shape index (κ3) is 5.92. The summed E-state index contributed by atoms with van der Waals surface area (Å²) >= 11 is 0. The molecule has 0 saturated carbocycles. The van der Waals surface area contributed by atoms with Gasteiger partial charge in [-0.1, -0.05) is 54.1 Å². The molecule has 0 unspecified atom stereocenters. The minimum absolute atomic E-state index is 0.0522. The van der Waals surface area contributed by atoms with Crippen molar-refractivity contribution in [2.75, 3.05) is 6.54 Å². The van der Waals surface area contributed by atoms with E-state index in [0.717, 1.165) is 28.0 Å². The van der Waals surface area contributed by atoms with Gasteiger partial charge < -0.3 is 10.1 Å². The van der Waals surface area contributed by atoms with Crippen LogP contribution in [0.2, 0.25) is 0 Å². The largest absolute Gasteiger partial charge is 0.491 e. The Balaban J connectivity index is 1.51. The third-order valence-corrected chi connectivity index (χ3v) is 8.08. The van der Waals surface area contributed by atoms with E-state index in [4.69, 9.17) is 4.74 Å². The normalized spacial score (nSPS) is 16.1. The number of benzene rings is 3. The Morgan fingerprint density at radius 3 is 2.40 bits per heavy atom. The molecule has 4 rings (SSSR count). The number of carbonyl (C=O) groups is 1. The van der Waals surface area contributed by atoms with Crippen molar-refractivity contribution in [1.82, 2.24) is 9.62 Å². The van der Waals surface area contributed by atoms with Gasteiger partial charge in [0.2, 0.25) is 15.9 Å². The Morgan fingerprint density at radius 1 is 1.03 bits per heavy atom. The van der Waals surface area contributed by atoms with Crippen molar-refractivity contribution < 1.29 is 17.9 Å². The summed E-state index contributed by atoms with van der Waals surface area (Å²) < 4.78 is 34.3. The van der Waals surface area contributed by atoms with Gasteiger partial charge in [0.15, 0.2) is 0 Å². The number of ether oxygens (including phenoxy) is 1. The van der Waals surface area contributed by atoms with E-state index < -0.39 is 16.1 Å². The minimum atomic E-state index is -3.76. The van der Waals surface area contributed by atoms with Gasteiger partial charge in [0.05, 0.1) is 17.0 Å². The Hall–Kier alpha value is -3.16. The number of hydrogen-bond donors (Lipinski definition) is 1. The molecule has 0 fully saturated rings. The SMILES string of the molecule is Cc1ccc(S(=O)(=O)N2CCc3ccccc3[C@@H]2CC(=O)NCc2ccc(OC(C)C)cc2)cc1. The summed E-state index contributed by atoms with van der Waals surface area (Å²) in [4.78, 5) is 13.3. The molecule has 0 radical (unpaired) electrons. The highest BCUT2D eigenvalue weighted by Gasteiger charge is 2.37. The number of fused-ring (bicyclic) bond motifs is 1. The molecule has 1 aliphatic heterocycles. The molecule has 1 aliphatic rings. The zero-order valence-corrected chi connectivity index (χ0v) is 21.2. The number of carbonyl (C=O) groups excluding carboxylic acids is 1. The second-order valence-electron chi connectivity index (χ2n) is 9.18. The molecule has 1 atom stereocenters. The lowest BCUT2D eigenvalue weighted by Crippen LogP contribution is -2.42. The molecule has 35 heavy (non-hydrogen) atoms. The van der Waals surface area contributed by atoms with E-state index in [-0.39, 0.29) is 23.3 Å². The molecule has 6 nitrogen and oxygen atoms in total. The summed E-state index contributed by atoms with van der Waals surface area (Å²) in [7, 11) is -3.76. The fraction of sp³-hybridized carbons (Fsp3) is 0.321. The molecular formula is C28H32N2O4S. The summed E-state index contributed by atoms with van der Waals surface area (Å²) in [5.41, 5.74) is 3.91. The van der Waals surface area contributed by atoms with Gasteiger partial charge in [0.25, 0.3) is 0 Å². The van der Waals surface area contributed by atoms with Gasteiger partial charge >= 0.3 is 0 Å². The molecule has 0 aliphatic carbocycles. The molecule has 184 valence electrons. The second kappa shape index (κ2) is 10.6. The molecule has 3 aromatic carbocycles. The molecule has 1 heterocycles. The highest BCUT2D eigenvalue weighted by atomic mass is 32.2. The summed E-state index contributed by atoms with van der Waals surface area (Å²) in [6.07, 6.45) is 0.763. The van der Waals surface area contributed by atoms with Crippen molar-refractivity contribution in [3.8, 4) is 5.75 Å². The molecule has 0 bridgehead atoms. The van der Waals surface area contributed by atoms with Crippen molar-refractivity contribution in [3.63, 3.8) is 0 Å². The lowest BCUT2D eigenvalue weighted by atomic mass is 9.92. The van der Waals surface area contributed by atoms with Gasteiger partial charge in [0, 0.05) is 19.5 Å². The zero-order chi connectivity index (χ0) is 25.0. The first-order chi connectivity index (χ1) is 16.7. The second-order valence-corrected chi connectivity index (χ2v) is 11.1. The molecule has 0 saturated heterocycles. The Bertz CT molecular complexity index is 1270. The van der Waals surface area contributed by atoms with Crippen LogP contribution >= 0.6 is 0 Å². The van der Waals surface area contributed by atoms with Crippen molar-refractivity contribution in [2.45, 2.75) is 57.2 Å². The molecular weight excluding hydrogens is 460 g/mol. The van der Waals surface area contributed by atoms with E-state index in [0.29, 0.717) is 19.5 Å². The van der Waals surface area contributed by atoms with Gasteiger partial charge in [-0.2, -0.15) is 4.31 Å². The molecule has 0 spiro atoms. The van der Waals surface area contributed by atoms with Crippen LogP contribution in [0.4, 0.5) is 0 Å². The number of sulfonamides is 1. The van der Waals surface area contributed by atoms with Crippen LogP contribution in [0.15, 0.2) is 77.7 Å². The van der Waals surface area contributed by atoms with Crippen LogP contribution in [0, 0.1) is 6.92 Å². The van der Waals surface area contributed by atoms with Crippen LogP contribution in [0.1, 0.15) is 48.6 Å². The van der Waals surface area contributed by atoms with Crippen molar-refractivity contribution in [1.29, 1.82) is 0 Å². The maximum absolute atomic E-state index is 13.6.